The van der Waals surface area contributed by atoms with Gasteiger partial charge in [-0.05, 0) is 31.2 Å². The zero-order valence-corrected chi connectivity index (χ0v) is 21.0. The van der Waals surface area contributed by atoms with Crippen LogP contribution in [-0.4, -0.2) is 41.4 Å². The lowest BCUT2D eigenvalue weighted by Crippen LogP contribution is -2.64. The minimum Gasteiger partial charge on any atom is -0.497 e. The summed E-state index contributed by atoms with van der Waals surface area (Å²) >= 11 is 0. The fourth-order valence-electron chi connectivity index (χ4n) is 4.70. The van der Waals surface area contributed by atoms with E-state index < -0.39 is 5.54 Å². The number of methoxy groups -OCH3 is 2. The number of hydrogen-bond acceptors (Lipinski definition) is 5. The molecule has 1 N–H and O–H groups in total. The Morgan fingerprint density at radius 3 is 2.49 bits per heavy atom. The summed E-state index contributed by atoms with van der Waals surface area (Å²) in [5.74, 6) is 0.645. The summed E-state index contributed by atoms with van der Waals surface area (Å²) in [6, 6.07) is 26.1. The van der Waals surface area contributed by atoms with E-state index in [2.05, 4.69) is 5.32 Å². The molecular weight excluding hydrogens is 468 g/mol. The minimum absolute atomic E-state index is 0.176. The second-order valence-corrected chi connectivity index (χ2v) is 9.05. The molecule has 1 aliphatic rings. The molecule has 0 unspecified atom stereocenters. The number of benzene rings is 3. The summed E-state index contributed by atoms with van der Waals surface area (Å²) in [6.45, 7) is 2.18. The number of hydrogen-bond donors (Lipinski definition) is 1. The normalized spacial score (nSPS) is 16.7. The number of ether oxygens (including phenoxy) is 2. The van der Waals surface area contributed by atoms with Crippen LogP contribution in [0.25, 0.3) is 11.3 Å². The first kappa shape index (κ1) is 24.1. The van der Waals surface area contributed by atoms with Gasteiger partial charge in [0.25, 0.3) is 5.91 Å². The Bertz CT molecular complexity index is 1450. The Morgan fingerprint density at radius 2 is 1.73 bits per heavy atom. The van der Waals surface area contributed by atoms with Crippen LogP contribution in [0, 0.1) is 0 Å². The van der Waals surface area contributed by atoms with Crippen LogP contribution >= 0.6 is 0 Å². The Labute approximate surface area is 215 Å². The molecule has 1 aliphatic heterocycles. The van der Waals surface area contributed by atoms with Crippen molar-refractivity contribution in [3.05, 3.63) is 96.2 Å². The third-order valence-corrected chi connectivity index (χ3v) is 6.66. The standard InChI is InChI=1S/C29H28N4O4/c1-29(28(35)30-18-21-12-7-8-15-26(21)37-3)19-32-25(17-24(31-32)20-10-5-4-6-11-20)27(34)33(29)22-13-9-14-23(16-22)36-2/h4-17H,18-19H2,1-3H3,(H,30,35)/t29-/m1/s1. The van der Waals surface area contributed by atoms with Gasteiger partial charge < -0.3 is 14.8 Å². The van der Waals surface area contributed by atoms with Crippen LogP contribution < -0.4 is 19.7 Å². The highest BCUT2D eigenvalue weighted by Gasteiger charge is 2.49. The van der Waals surface area contributed by atoms with Gasteiger partial charge in [-0.25, -0.2) is 0 Å². The van der Waals surface area contributed by atoms with Crippen LogP contribution in [0.3, 0.4) is 0 Å². The lowest BCUT2D eigenvalue weighted by Gasteiger charge is -2.43. The predicted molar refractivity (Wildman–Crippen MR) is 141 cm³/mol. The van der Waals surface area contributed by atoms with E-state index in [1.54, 1.807) is 61.1 Å². The van der Waals surface area contributed by atoms with E-state index in [0.717, 1.165) is 11.1 Å². The Balaban J connectivity index is 1.55. The predicted octanol–water partition coefficient (Wildman–Crippen LogP) is 4.30. The number of nitrogens with zero attached hydrogens (tertiary/aromatic N) is 3. The summed E-state index contributed by atoms with van der Waals surface area (Å²) in [5.41, 5.74) is 2.12. The molecule has 4 aromatic rings. The quantitative estimate of drug-likeness (QED) is 0.412. The fourth-order valence-corrected chi connectivity index (χ4v) is 4.70. The number of rotatable bonds is 7. The van der Waals surface area contributed by atoms with E-state index in [0.29, 0.717) is 28.6 Å². The number of anilines is 1. The van der Waals surface area contributed by atoms with Gasteiger partial charge in [0.05, 0.1) is 26.5 Å². The van der Waals surface area contributed by atoms with Crippen molar-refractivity contribution in [2.75, 3.05) is 19.1 Å². The van der Waals surface area contributed by atoms with E-state index in [9.17, 15) is 9.59 Å². The summed E-state index contributed by atoms with van der Waals surface area (Å²) in [5, 5.41) is 7.72. The molecule has 3 aromatic carbocycles. The lowest BCUT2D eigenvalue weighted by atomic mass is 9.93. The van der Waals surface area contributed by atoms with Gasteiger partial charge in [0.2, 0.25) is 5.91 Å². The largest absolute Gasteiger partial charge is 0.497 e. The second kappa shape index (κ2) is 9.81. The van der Waals surface area contributed by atoms with Crippen molar-refractivity contribution in [3.63, 3.8) is 0 Å². The van der Waals surface area contributed by atoms with Gasteiger partial charge >= 0.3 is 0 Å². The van der Waals surface area contributed by atoms with Crippen molar-refractivity contribution in [2.45, 2.75) is 25.6 Å². The molecule has 0 spiro atoms. The molecular formula is C29H28N4O4. The van der Waals surface area contributed by atoms with Gasteiger partial charge in [-0.2, -0.15) is 5.10 Å². The van der Waals surface area contributed by atoms with Gasteiger partial charge in [-0.3, -0.25) is 19.2 Å². The Hall–Kier alpha value is -4.59. The molecule has 0 aliphatic carbocycles. The van der Waals surface area contributed by atoms with E-state index >= 15 is 0 Å². The van der Waals surface area contributed by atoms with Gasteiger partial charge in [0, 0.05) is 29.4 Å². The van der Waals surface area contributed by atoms with Gasteiger partial charge in [-0.1, -0.05) is 54.6 Å². The molecule has 37 heavy (non-hydrogen) atoms. The molecule has 0 saturated heterocycles. The molecule has 0 fully saturated rings. The molecule has 0 saturated carbocycles. The molecule has 2 amide bonds. The summed E-state index contributed by atoms with van der Waals surface area (Å²) in [7, 11) is 3.16. The molecule has 1 aromatic heterocycles. The minimum atomic E-state index is -1.27. The van der Waals surface area contributed by atoms with Gasteiger partial charge in [0.1, 0.15) is 22.7 Å². The maximum Gasteiger partial charge on any atom is 0.277 e. The van der Waals surface area contributed by atoms with Crippen molar-refractivity contribution in [1.29, 1.82) is 0 Å². The highest BCUT2D eigenvalue weighted by Crippen LogP contribution is 2.35. The average molecular weight is 497 g/mol. The van der Waals surface area contributed by atoms with Crippen LogP contribution in [0.4, 0.5) is 5.69 Å². The van der Waals surface area contributed by atoms with Crippen LogP contribution in [0.2, 0.25) is 0 Å². The number of para-hydroxylation sites is 1. The Kier molecular flexibility index (Phi) is 6.40. The highest BCUT2D eigenvalue weighted by molar-refractivity contribution is 6.12. The zero-order valence-electron chi connectivity index (χ0n) is 21.0. The number of amides is 2. The number of carbonyl (C=O) groups excluding carboxylic acids is 2. The molecule has 0 radical (unpaired) electrons. The van der Waals surface area contributed by atoms with Crippen molar-refractivity contribution in [1.82, 2.24) is 15.1 Å². The number of fused-ring (bicyclic) bond motifs is 1. The maximum absolute atomic E-state index is 14.0. The van der Waals surface area contributed by atoms with Crippen LogP contribution in [0.5, 0.6) is 11.5 Å². The van der Waals surface area contributed by atoms with E-state index in [4.69, 9.17) is 14.6 Å². The molecule has 8 heteroatoms. The first-order valence-electron chi connectivity index (χ1n) is 12.0. The fraction of sp³-hybridized carbons (Fsp3) is 0.207. The third-order valence-electron chi connectivity index (χ3n) is 6.66. The highest BCUT2D eigenvalue weighted by atomic mass is 16.5. The summed E-state index contributed by atoms with van der Waals surface area (Å²) < 4.78 is 12.5. The molecule has 2 heterocycles. The van der Waals surface area contributed by atoms with Gasteiger partial charge in [0.15, 0.2) is 0 Å². The number of nitrogens with one attached hydrogen (secondary N) is 1. The maximum atomic E-state index is 14.0. The second-order valence-electron chi connectivity index (χ2n) is 9.05. The molecule has 0 bridgehead atoms. The topological polar surface area (TPSA) is 85.7 Å². The smallest absolute Gasteiger partial charge is 0.277 e. The van der Waals surface area contributed by atoms with Crippen LogP contribution in [-0.2, 0) is 17.9 Å². The number of aromatic nitrogens is 2. The van der Waals surface area contributed by atoms with Crippen molar-refractivity contribution < 1.29 is 19.1 Å². The first-order valence-corrected chi connectivity index (χ1v) is 12.0. The third kappa shape index (κ3) is 4.42. The van der Waals surface area contributed by atoms with Gasteiger partial charge in [-0.15, -0.1) is 0 Å². The van der Waals surface area contributed by atoms with E-state index in [1.807, 2.05) is 54.6 Å². The molecule has 1 atom stereocenters. The first-order chi connectivity index (χ1) is 17.9. The molecule has 5 rings (SSSR count). The lowest BCUT2D eigenvalue weighted by molar-refractivity contribution is -0.126. The zero-order chi connectivity index (χ0) is 26.0. The molecule has 8 nitrogen and oxygen atoms in total. The van der Waals surface area contributed by atoms with Crippen molar-refractivity contribution in [3.8, 4) is 22.8 Å². The van der Waals surface area contributed by atoms with E-state index in [-0.39, 0.29) is 24.9 Å². The van der Waals surface area contributed by atoms with Crippen LogP contribution in [0.1, 0.15) is 23.0 Å². The van der Waals surface area contributed by atoms with Crippen molar-refractivity contribution >= 4 is 17.5 Å². The van der Waals surface area contributed by atoms with Crippen LogP contribution in [0.15, 0.2) is 84.9 Å². The summed E-state index contributed by atoms with van der Waals surface area (Å²) in [6.07, 6.45) is 0. The molecule has 188 valence electrons. The Morgan fingerprint density at radius 1 is 0.973 bits per heavy atom. The van der Waals surface area contributed by atoms with E-state index in [1.165, 1.54) is 0 Å². The number of carbonyl (C=O) groups is 2. The van der Waals surface area contributed by atoms with Crippen molar-refractivity contribution in [2.24, 2.45) is 0 Å². The average Bonchev–Trinajstić information content (AvgIpc) is 3.36. The SMILES string of the molecule is COc1cccc(N2C(=O)c3cc(-c4ccccc4)nn3C[C@]2(C)C(=O)NCc2ccccc2OC)c1. The summed E-state index contributed by atoms with van der Waals surface area (Å²) in [4.78, 5) is 29.4. The monoisotopic (exact) mass is 496 g/mol.